The second-order valence-electron chi connectivity index (χ2n) is 13.2. The first-order valence-electron chi connectivity index (χ1n) is 17.1. The van der Waals surface area contributed by atoms with Crippen molar-refractivity contribution in [3.8, 4) is 55.6 Å². The van der Waals surface area contributed by atoms with E-state index in [1.54, 1.807) is 0 Å². The highest BCUT2D eigenvalue weighted by atomic mass is 14.6. The molecular formula is C48H34N2. The van der Waals surface area contributed by atoms with E-state index in [-0.39, 0.29) is 0 Å². The standard InChI is InChI=1S/C48H34N2/c1-31-25-37(18-20-41(31)39-11-7-23-49-29-39)47-43-13-5-6-14-44(43)48(38-19-21-42(32(2)26-38)40-12-8-24-50-30-40)46-28-36(17-22-45(46)47)35-16-15-33-9-3-4-10-34(33)27-35/h3-30H,1-2H3. The second-order valence-corrected chi connectivity index (χ2v) is 13.2. The minimum Gasteiger partial charge on any atom is -0.264 e. The van der Waals surface area contributed by atoms with Crippen LogP contribution in [0, 0.1) is 13.8 Å². The lowest BCUT2D eigenvalue weighted by atomic mass is 9.83. The minimum atomic E-state index is 1.13. The lowest BCUT2D eigenvalue weighted by Gasteiger charge is -2.20. The Balaban J connectivity index is 1.32. The summed E-state index contributed by atoms with van der Waals surface area (Å²) in [4.78, 5) is 8.76. The number of aromatic nitrogens is 2. The molecule has 2 aromatic heterocycles. The smallest absolute Gasteiger partial charge is 0.0346 e. The Morgan fingerprint density at radius 1 is 0.340 bits per heavy atom. The van der Waals surface area contributed by atoms with Gasteiger partial charge in [-0.1, -0.05) is 121 Å². The average Bonchev–Trinajstić information content (AvgIpc) is 3.17. The maximum Gasteiger partial charge on any atom is 0.0346 e. The molecule has 9 aromatic rings. The van der Waals surface area contributed by atoms with Gasteiger partial charge in [-0.2, -0.15) is 0 Å². The molecule has 2 heterocycles. The molecule has 9 rings (SSSR count). The Labute approximate surface area is 292 Å². The van der Waals surface area contributed by atoms with Gasteiger partial charge in [-0.15, -0.1) is 0 Å². The Hall–Kier alpha value is -6.38. The molecule has 0 fully saturated rings. The van der Waals surface area contributed by atoms with Crippen molar-refractivity contribution in [2.75, 3.05) is 0 Å². The van der Waals surface area contributed by atoms with E-state index >= 15 is 0 Å². The molecular weight excluding hydrogens is 605 g/mol. The third-order valence-corrected chi connectivity index (χ3v) is 10.1. The molecule has 236 valence electrons. The van der Waals surface area contributed by atoms with Crippen LogP contribution in [0.25, 0.3) is 88.0 Å². The molecule has 0 aliphatic carbocycles. The molecule has 50 heavy (non-hydrogen) atoms. The number of benzene rings is 7. The molecule has 0 amide bonds. The Morgan fingerprint density at radius 2 is 0.840 bits per heavy atom. The second kappa shape index (κ2) is 12.3. The monoisotopic (exact) mass is 638 g/mol. The summed E-state index contributed by atoms with van der Waals surface area (Å²) in [6.45, 7) is 4.41. The van der Waals surface area contributed by atoms with Crippen molar-refractivity contribution < 1.29 is 0 Å². The van der Waals surface area contributed by atoms with Gasteiger partial charge in [0, 0.05) is 35.9 Å². The van der Waals surface area contributed by atoms with Gasteiger partial charge in [0.25, 0.3) is 0 Å². The van der Waals surface area contributed by atoms with Crippen molar-refractivity contribution in [3.05, 3.63) is 182 Å². The number of hydrogen-bond acceptors (Lipinski definition) is 2. The summed E-state index contributed by atoms with van der Waals surface area (Å²) in [5, 5.41) is 7.47. The van der Waals surface area contributed by atoms with Gasteiger partial charge >= 0.3 is 0 Å². The first-order chi connectivity index (χ1) is 24.6. The third kappa shape index (κ3) is 5.14. The molecule has 0 saturated heterocycles. The number of pyridine rings is 2. The Morgan fingerprint density at radius 3 is 1.42 bits per heavy atom. The van der Waals surface area contributed by atoms with E-state index in [4.69, 9.17) is 0 Å². The van der Waals surface area contributed by atoms with Gasteiger partial charge in [0.15, 0.2) is 0 Å². The molecule has 0 atom stereocenters. The zero-order valence-corrected chi connectivity index (χ0v) is 28.1. The highest BCUT2D eigenvalue weighted by Gasteiger charge is 2.19. The van der Waals surface area contributed by atoms with Crippen molar-refractivity contribution in [3.63, 3.8) is 0 Å². The fourth-order valence-electron chi connectivity index (χ4n) is 7.68. The molecule has 0 spiro atoms. The van der Waals surface area contributed by atoms with Crippen LogP contribution >= 0.6 is 0 Å². The van der Waals surface area contributed by atoms with Gasteiger partial charge in [0.05, 0.1) is 0 Å². The number of aryl methyl sites for hydroxylation is 2. The van der Waals surface area contributed by atoms with Crippen LogP contribution in [0.2, 0.25) is 0 Å². The summed E-state index contributed by atoms with van der Waals surface area (Å²) in [5.74, 6) is 0. The predicted octanol–water partition coefficient (Wildman–Crippen LogP) is 12.9. The topological polar surface area (TPSA) is 25.8 Å². The summed E-state index contributed by atoms with van der Waals surface area (Å²) in [5.41, 5.74) is 14.5. The van der Waals surface area contributed by atoms with Gasteiger partial charge in [-0.3, -0.25) is 9.97 Å². The molecule has 0 aliphatic rings. The first kappa shape index (κ1) is 29.7. The molecule has 0 unspecified atom stereocenters. The van der Waals surface area contributed by atoms with Crippen LogP contribution < -0.4 is 0 Å². The quantitative estimate of drug-likeness (QED) is 0.175. The van der Waals surface area contributed by atoms with Gasteiger partial charge in [0.2, 0.25) is 0 Å². The lowest BCUT2D eigenvalue weighted by Crippen LogP contribution is -1.94. The van der Waals surface area contributed by atoms with E-state index in [2.05, 4.69) is 157 Å². The summed E-state index contributed by atoms with van der Waals surface area (Å²) >= 11 is 0. The lowest BCUT2D eigenvalue weighted by molar-refractivity contribution is 1.32. The molecule has 0 aliphatic heterocycles. The molecule has 0 N–H and O–H groups in total. The van der Waals surface area contributed by atoms with E-state index < -0.39 is 0 Å². The van der Waals surface area contributed by atoms with Gasteiger partial charge < -0.3 is 0 Å². The number of hydrogen-bond donors (Lipinski definition) is 0. The fraction of sp³-hybridized carbons (Fsp3) is 0.0417. The normalized spacial score (nSPS) is 11.4. The minimum absolute atomic E-state index is 1.13. The molecule has 0 radical (unpaired) electrons. The van der Waals surface area contributed by atoms with Gasteiger partial charge in [0.1, 0.15) is 0 Å². The van der Waals surface area contributed by atoms with Crippen molar-refractivity contribution in [2.45, 2.75) is 13.8 Å². The Bertz CT molecular complexity index is 2710. The first-order valence-corrected chi connectivity index (χ1v) is 17.1. The highest BCUT2D eigenvalue weighted by Crippen LogP contribution is 2.46. The van der Waals surface area contributed by atoms with Crippen LogP contribution in [0.1, 0.15) is 11.1 Å². The summed E-state index contributed by atoms with van der Waals surface area (Å²) < 4.78 is 0. The van der Waals surface area contributed by atoms with E-state index in [1.807, 2.05) is 36.9 Å². The maximum absolute atomic E-state index is 4.39. The average molecular weight is 639 g/mol. The summed E-state index contributed by atoms with van der Waals surface area (Å²) in [7, 11) is 0. The maximum atomic E-state index is 4.39. The fourth-order valence-corrected chi connectivity index (χ4v) is 7.68. The van der Waals surface area contributed by atoms with Crippen molar-refractivity contribution >= 4 is 32.3 Å². The van der Waals surface area contributed by atoms with E-state index in [9.17, 15) is 0 Å². The Kier molecular flexibility index (Phi) is 7.29. The highest BCUT2D eigenvalue weighted by molar-refractivity contribution is 6.22. The molecule has 7 aromatic carbocycles. The zero-order valence-electron chi connectivity index (χ0n) is 28.1. The third-order valence-electron chi connectivity index (χ3n) is 10.1. The van der Waals surface area contributed by atoms with Gasteiger partial charge in [-0.05, 0) is 126 Å². The molecule has 2 heteroatoms. The molecule has 0 bridgehead atoms. The largest absolute Gasteiger partial charge is 0.264 e. The number of rotatable bonds is 5. The van der Waals surface area contributed by atoms with E-state index in [1.165, 1.54) is 88.0 Å². The SMILES string of the molecule is Cc1cc(-c2c3ccccc3c(-c3ccc(-c4cccnc4)c(C)c3)c3cc(-c4ccc5ccccc5c4)ccc23)ccc1-c1cccnc1. The van der Waals surface area contributed by atoms with Crippen LogP contribution in [0.3, 0.4) is 0 Å². The van der Waals surface area contributed by atoms with Crippen molar-refractivity contribution in [1.82, 2.24) is 9.97 Å². The van der Waals surface area contributed by atoms with Crippen LogP contribution in [0.4, 0.5) is 0 Å². The van der Waals surface area contributed by atoms with E-state index in [0.29, 0.717) is 0 Å². The predicted molar refractivity (Wildman–Crippen MR) is 211 cm³/mol. The summed E-state index contributed by atoms with van der Waals surface area (Å²) in [6, 6.07) is 53.3. The van der Waals surface area contributed by atoms with Crippen LogP contribution in [0.15, 0.2) is 170 Å². The molecule has 0 saturated carbocycles. The van der Waals surface area contributed by atoms with E-state index in [0.717, 1.165) is 11.1 Å². The number of fused-ring (bicyclic) bond motifs is 3. The summed E-state index contributed by atoms with van der Waals surface area (Å²) in [6.07, 6.45) is 7.54. The van der Waals surface area contributed by atoms with Crippen molar-refractivity contribution in [1.29, 1.82) is 0 Å². The number of nitrogens with zero attached hydrogens (tertiary/aromatic N) is 2. The zero-order chi connectivity index (χ0) is 33.6. The van der Waals surface area contributed by atoms with Crippen molar-refractivity contribution in [2.24, 2.45) is 0 Å². The van der Waals surface area contributed by atoms with Crippen LogP contribution in [-0.2, 0) is 0 Å². The van der Waals surface area contributed by atoms with Gasteiger partial charge in [-0.25, -0.2) is 0 Å². The molecule has 2 nitrogen and oxygen atoms in total. The van der Waals surface area contributed by atoms with Crippen LogP contribution in [-0.4, -0.2) is 9.97 Å². The van der Waals surface area contributed by atoms with Crippen LogP contribution in [0.5, 0.6) is 0 Å².